The van der Waals surface area contributed by atoms with E-state index in [4.69, 9.17) is 14.2 Å². The van der Waals surface area contributed by atoms with Gasteiger partial charge in [-0.05, 0) is 36.2 Å². The number of benzene rings is 2. The standard InChI is InChI=1S/C24H22F3NO4/c1-16-13-20(18-9-6-10-19(14-18)24(25,26)27)28-22(21(16)23(29)30-2)32-12-11-31-15-17-7-4-3-5-8-17/h3-10,13-14H,11-12,15H2,1-2H3. The van der Waals surface area contributed by atoms with E-state index < -0.39 is 17.7 Å². The van der Waals surface area contributed by atoms with Crippen LogP contribution in [-0.4, -0.2) is 31.3 Å². The number of aryl methyl sites for hydroxylation is 1. The van der Waals surface area contributed by atoms with Crippen LogP contribution in [0.5, 0.6) is 5.88 Å². The van der Waals surface area contributed by atoms with Crippen molar-refractivity contribution < 1.29 is 32.2 Å². The van der Waals surface area contributed by atoms with Gasteiger partial charge in [0.2, 0.25) is 5.88 Å². The lowest BCUT2D eigenvalue weighted by Crippen LogP contribution is -2.13. The van der Waals surface area contributed by atoms with Crippen LogP contribution in [-0.2, 0) is 22.3 Å². The Morgan fingerprint density at radius 3 is 2.44 bits per heavy atom. The number of ether oxygens (including phenoxy) is 3. The second-order valence-corrected chi connectivity index (χ2v) is 6.96. The van der Waals surface area contributed by atoms with Gasteiger partial charge >= 0.3 is 12.1 Å². The summed E-state index contributed by atoms with van der Waals surface area (Å²) in [5, 5.41) is 0. The van der Waals surface area contributed by atoms with E-state index in [2.05, 4.69) is 4.98 Å². The number of carbonyl (C=O) groups is 1. The van der Waals surface area contributed by atoms with E-state index in [1.54, 1.807) is 6.92 Å². The topological polar surface area (TPSA) is 57.7 Å². The third-order valence-corrected chi connectivity index (χ3v) is 4.64. The smallest absolute Gasteiger partial charge is 0.416 e. The van der Waals surface area contributed by atoms with E-state index in [0.29, 0.717) is 12.2 Å². The maximum atomic E-state index is 13.1. The molecule has 0 radical (unpaired) electrons. The maximum Gasteiger partial charge on any atom is 0.416 e. The summed E-state index contributed by atoms with van der Waals surface area (Å²) in [6, 6.07) is 15.9. The zero-order valence-corrected chi connectivity index (χ0v) is 17.6. The van der Waals surface area contributed by atoms with Crippen molar-refractivity contribution in [1.29, 1.82) is 0 Å². The fourth-order valence-corrected chi connectivity index (χ4v) is 3.06. The van der Waals surface area contributed by atoms with Gasteiger partial charge in [-0.15, -0.1) is 0 Å². The molecule has 0 spiro atoms. The van der Waals surface area contributed by atoms with Crippen molar-refractivity contribution in [3.8, 4) is 17.1 Å². The predicted octanol–water partition coefficient (Wildman–Crippen LogP) is 5.46. The number of nitrogens with zero attached hydrogens (tertiary/aromatic N) is 1. The predicted molar refractivity (Wildman–Crippen MR) is 112 cm³/mol. The van der Waals surface area contributed by atoms with Gasteiger partial charge in [-0.2, -0.15) is 13.2 Å². The van der Waals surface area contributed by atoms with Crippen LogP contribution in [0.25, 0.3) is 11.3 Å². The molecule has 3 rings (SSSR count). The van der Waals surface area contributed by atoms with E-state index in [9.17, 15) is 18.0 Å². The normalized spacial score (nSPS) is 11.3. The van der Waals surface area contributed by atoms with E-state index >= 15 is 0 Å². The van der Waals surface area contributed by atoms with Gasteiger partial charge in [-0.3, -0.25) is 0 Å². The Morgan fingerprint density at radius 2 is 1.75 bits per heavy atom. The molecule has 2 aromatic carbocycles. The monoisotopic (exact) mass is 445 g/mol. The molecular formula is C24H22F3NO4. The Labute approximate surface area is 183 Å². The average molecular weight is 445 g/mol. The Morgan fingerprint density at radius 1 is 1.00 bits per heavy atom. The third kappa shape index (κ3) is 5.85. The number of esters is 1. The van der Waals surface area contributed by atoms with Crippen molar-refractivity contribution >= 4 is 5.97 Å². The van der Waals surface area contributed by atoms with Crippen LogP contribution in [0.3, 0.4) is 0 Å². The van der Waals surface area contributed by atoms with Crippen molar-refractivity contribution in [2.24, 2.45) is 0 Å². The molecule has 0 amide bonds. The number of methoxy groups -OCH3 is 1. The highest BCUT2D eigenvalue weighted by Gasteiger charge is 2.30. The second-order valence-electron chi connectivity index (χ2n) is 6.96. The lowest BCUT2D eigenvalue weighted by Gasteiger charge is -2.15. The number of alkyl halides is 3. The first-order valence-electron chi connectivity index (χ1n) is 9.81. The molecule has 1 heterocycles. The minimum absolute atomic E-state index is 0.0208. The third-order valence-electron chi connectivity index (χ3n) is 4.64. The highest BCUT2D eigenvalue weighted by Crippen LogP contribution is 2.33. The molecule has 0 aliphatic heterocycles. The molecule has 5 nitrogen and oxygen atoms in total. The molecule has 0 unspecified atom stereocenters. The van der Waals surface area contributed by atoms with Gasteiger partial charge in [0.25, 0.3) is 0 Å². The lowest BCUT2D eigenvalue weighted by molar-refractivity contribution is -0.137. The molecule has 3 aromatic rings. The highest BCUT2D eigenvalue weighted by atomic mass is 19.4. The summed E-state index contributed by atoms with van der Waals surface area (Å²) in [7, 11) is 1.23. The molecule has 0 N–H and O–H groups in total. The number of hydrogen-bond acceptors (Lipinski definition) is 5. The Hall–Kier alpha value is -3.39. The van der Waals surface area contributed by atoms with E-state index in [0.717, 1.165) is 17.7 Å². The lowest BCUT2D eigenvalue weighted by atomic mass is 10.0. The first kappa shape index (κ1) is 23.3. The molecule has 0 saturated carbocycles. The largest absolute Gasteiger partial charge is 0.475 e. The van der Waals surface area contributed by atoms with Gasteiger partial charge in [0.15, 0.2) is 0 Å². The molecule has 0 bridgehead atoms. The van der Waals surface area contributed by atoms with Crippen LogP contribution in [0.4, 0.5) is 13.2 Å². The van der Waals surface area contributed by atoms with Crippen molar-refractivity contribution in [1.82, 2.24) is 4.98 Å². The summed E-state index contributed by atoms with van der Waals surface area (Å²) in [5.41, 5.74) is 1.31. The molecule has 168 valence electrons. The quantitative estimate of drug-likeness (QED) is 0.341. The van der Waals surface area contributed by atoms with Gasteiger partial charge in [-0.25, -0.2) is 9.78 Å². The van der Waals surface area contributed by atoms with Crippen LogP contribution in [0.2, 0.25) is 0 Å². The van der Waals surface area contributed by atoms with Gasteiger partial charge in [-0.1, -0.05) is 42.5 Å². The van der Waals surface area contributed by atoms with E-state index in [1.165, 1.54) is 25.3 Å². The molecule has 0 aliphatic carbocycles. The van der Waals surface area contributed by atoms with E-state index in [1.807, 2.05) is 30.3 Å². The van der Waals surface area contributed by atoms with Gasteiger partial charge in [0, 0.05) is 5.56 Å². The van der Waals surface area contributed by atoms with Crippen molar-refractivity contribution in [3.05, 3.63) is 82.9 Å². The van der Waals surface area contributed by atoms with Crippen LogP contribution >= 0.6 is 0 Å². The summed E-state index contributed by atoms with van der Waals surface area (Å²) in [4.78, 5) is 16.5. The first-order chi connectivity index (χ1) is 15.3. The molecule has 0 aliphatic rings. The van der Waals surface area contributed by atoms with Crippen LogP contribution in [0.15, 0.2) is 60.7 Å². The fraction of sp³-hybridized carbons (Fsp3) is 0.250. The summed E-state index contributed by atoms with van der Waals surface area (Å²) in [5.74, 6) is -0.668. The van der Waals surface area contributed by atoms with Crippen LogP contribution < -0.4 is 4.74 Å². The minimum atomic E-state index is -4.48. The minimum Gasteiger partial charge on any atom is -0.475 e. The molecule has 8 heteroatoms. The SMILES string of the molecule is COC(=O)c1c(C)cc(-c2cccc(C(F)(F)F)c2)nc1OCCOCc1ccccc1. The maximum absolute atomic E-state index is 13.1. The van der Waals surface area contributed by atoms with Gasteiger partial charge in [0.1, 0.15) is 12.2 Å². The number of hydrogen-bond donors (Lipinski definition) is 0. The van der Waals surface area contributed by atoms with Crippen molar-refractivity contribution in [2.75, 3.05) is 20.3 Å². The average Bonchev–Trinajstić information content (AvgIpc) is 2.78. The summed E-state index contributed by atoms with van der Waals surface area (Å²) in [6.45, 7) is 2.36. The Kier molecular flexibility index (Phi) is 7.48. The second kappa shape index (κ2) is 10.3. The Bertz CT molecular complexity index is 1070. The number of carbonyl (C=O) groups excluding carboxylic acids is 1. The number of aromatic nitrogens is 1. The fourth-order valence-electron chi connectivity index (χ4n) is 3.06. The summed E-state index contributed by atoms with van der Waals surface area (Å²) < 4.78 is 55.4. The molecule has 0 saturated heterocycles. The Balaban J connectivity index is 1.80. The molecule has 1 aromatic heterocycles. The number of pyridine rings is 1. The van der Waals surface area contributed by atoms with E-state index in [-0.39, 0.29) is 35.9 Å². The molecular weight excluding hydrogens is 423 g/mol. The zero-order valence-electron chi connectivity index (χ0n) is 17.6. The van der Waals surface area contributed by atoms with Gasteiger partial charge < -0.3 is 14.2 Å². The van der Waals surface area contributed by atoms with Gasteiger partial charge in [0.05, 0.1) is 31.6 Å². The molecule has 0 atom stereocenters. The van der Waals surface area contributed by atoms with Crippen LogP contribution in [0.1, 0.15) is 27.0 Å². The van der Waals surface area contributed by atoms with Crippen molar-refractivity contribution in [3.63, 3.8) is 0 Å². The zero-order chi connectivity index (χ0) is 23.1. The summed E-state index contributed by atoms with van der Waals surface area (Å²) >= 11 is 0. The van der Waals surface area contributed by atoms with Crippen molar-refractivity contribution in [2.45, 2.75) is 19.7 Å². The molecule has 0 fully saturated rings. The highest BCUT2D eigenvalue weighted by molar-refractivity contribution is 5.94. The molecule has 32 heavy (non-hydrogen) atoms. The number of halogens is 3. The summed E-state index contributed by atoms with van der Waals surface area (Å²) in [6.07, 6.45) is -4.48. The number of rotatable bonds is 8. The van der Waals surface area contributed by atoms with Crippen LogP contribution in [0, 0.1) is 6.92 Å². The first-order valence-corrected chi connectivity index (χ1v) is 9.81.